The molecule has 2 aromatic rings. The van der Waals surface area contributed by atoms with E-state index in [2.05, 4.69) is 22.6 Å². The minimum absolute atomic E-state index is 0.183. The third kappa shape index (κ3) is 2.40. The van der Waals surface area contributed by atoms with Gasteiger partial charge in [0, 0.05) is 9.13 Å². The van der Waals surface area contributed by atoms with Gasteiger partial charge in [-0.1, -0.05) is 30.3 Å². The average molecular weight is 359 g/mol. The molecule has 0 aromatic heterocycles. The van der Waals surface area contributed by atoms with E-state index in [1.165, 1.54) is 6.92 Å². The molecule has 0 spiro atoms. The summed E-state index contributed by atoms with van der Waals surface area (Å²) in [4.78, 5) is 0. The van der Waals surface area contributed by atoms with Crippen LogP contribution in [0.15, 0.2) is 36.4 Å². The van der Waals surface area contributed by atoms with Gasteiger partial charge in [-0.2, -0.15) is 0 Å². The SMILES string of the molecule is Cc1ccc(C(N)c2ccccc2I)c(F)c1F. The van der Waals surface area contributed by atoms with Gasteiger partial charge in [0.15, 0.2) is 11.6 Å². The number of hydrogen-bond donors (Lipinski definition) is 1. The number of rotatable bonds is 2. The molecule has 0 aliphatic heterocycles. The van der Waals surface area contributed by atoms with Gasteiger partial charge in [-0.05, 0) is 46.7 Å². The van der Waals surface area contributed by atoms with Crippen LogP contribution in [0.25, 0.3) is 0 Å². The molecular weight excluding hydrogens is 347 g/mol. The molecule has 1 unspecified atom stereocenters. The summed E-state index contributed by atoms with van der Waals surface area (Å²) in [6, 6.07) is 9.85. The zero-order valence-corrected chi connectivity index (χ0v) is 11.9. The van der Waals surface area contributed by atoms with Crippen molar-refractivity contribution >= 4 is 22.6 Å². The molecule has 94 valence electrons. The quantitative estimate of drug-likeness (QED) is 0.808. The van der Waals surface area contributed by atoms with E-state index in [-0.39, 0.29) is 11.1 Å². The maximum atomic E-state index is 13.9. The van der Waals surface area contributed by atoms with Crippen LogP contribution in [-0.4, -0.2) is 0 Å². The molecule has 0 heterocycles. The van der Waals surface area contributed by atoms with Crippen molar-refractivity contribution in [2.24, 2.45) is 5.73 Å². The first-order chi connectivity index (χ1) is 8.52. The van der Waals surface area contributed by atoms with Crippen molar-refractivity contribution in [1.82, 2.24) is 0 Å². The summed E-state index contributed by atoms with van der Waals surface area (Å²) in [5.41, 5.74) is 7.28. The van der Waals surface area contributed by atoms with Gasteiger partial charge in [0.1, 0.15) is 0 Å². The van der Waals surface area contributed by atoms with Crippen molar-refractivity contribution in [1.29, 1.82) is 0 Å². The Hall–Kier alpha value is -1.01. The van der Waals surface area contributed by atoms with Crippen molar-refractivity contribution in [3.05, 3.63) is 68.3 Å². The van der Waals surface area contributed by atoms with E-state index >= 15 is 0 Å². The van der Waals surface area contributed by atoms with Gasteiger partial charge in [0.25, 0.3) is 0 Å². The second kappa shape index (κ2) is 5.32. The number of benzene rings is 2. The summed E-state index contributed by atoms with van der Waals surface area (Å²) in [7, 11) is 0. The van der Waals surface area contributed by atoms with Gasteiger partial charge in [-0.15, -0.1) is 0 Å². The van der Waals surface area contributed by atoms with Gasteiger partial charge in [0.05, 0.1) is 6.04 Å². The van der Waals surface area contributed by atoms with Crippen LogP contribution in [0.1, 0.15) is 22.7 Å². The normalized spacial score (nSPS) is 12.5. The van der Waals surface area contributed by atoms with Crippen LogP contribution >= 0.6 is 22.6 Å². The minimum Gasteiger partial charge on any atom is -0.320 e. The van der Waals surface area contributed by atoms with E-state index in [9.17, 15) is 8.78 Å². The predicted molar refractivity (Wildman–Crippen MR) is 76.3 cm³/mol. The lowest BCUT2D eigenvalue weighted by molar-refractivity contribution is 0.489. The monoisotopic (exact) mass is 359 g/mol. The third-order valence-corrected chi connectivity index (χ3v) is 3.86. The highest BCUT2D eigenvalue weighted by atomic mass is 127. The molecule has 0 amide bonds. The molecule has 2 rings (SSSR count). The number of hydrogen-bond acceptors (Lipinski definition) is 1. The topological polar surface area (TPSA) is 26.0 Å². The van der Waals surface area contributed by atoms with Crippen LogP contribution in [-0.2, 0) is 0 Å². The summed E-state index contributed by atoms with van der Waals surface area (Å²) >= 11 is 2.13. The van der Waals surface area contributed by atoms with Crippen LogP contribution in [0, 0.1) is 22.1 Å². The van der Waals surface area contributed by atoms with Crippen molar-refractivity contribution in [2.75, 3.05) is 0 Å². The molecule has 1 atom stereocenters. The molecular formula is C14H12F2IN. The highest BCUT2D eigenvalue weighted by Gasteiger charge is 2.19. The standard InChI is InChI=1S/C14H12F2IN/c1-8-6-7-10(13(16)12(8)15)14(18)9-4-2-3-5-11(9)17/h2-7,14H,18H2,1H3. The lowest BCUT2D eigenvalue weighted by atomic mass is 9.98. The van der Waals surface area contributed by atoms with E-state index in [1.54, 1.807) is 12.1 Å². The van der Waals surface area contributed by atoms with E-state index in [4.69, 9.17) is 5.73 Å². The highest BCUT2D eigenvalue weighted by molar-refractivity contribution is 14.1. The van der Waals surface area contributed by atoms with Gasteiger partial charge < -0.3 is 5.73 Å². The van der Waals surface area contributed by atoms with Gasteiger partial charge in [-0.3, -0.25) is 0 Å². The molecule has 0 aliphatic rings. The fourth-order valence-electron chi connectivity index (χ4n) is 1.80. The Labute approximate surface area is 118 Å². The van der Waals surface area contributed by atoms with Gasteiger partial charge >= 0.3 is 0 Å². The van der Waals surface area contributed by atoms with Crippen molar-refractivity contribution in [2.45, 2.75) is 13.0 Å². The summed E-state index contributed by atoms with van der Waals surface area (Å²) in [6.07, 6.45) is 0. The van der Waals surface area contributed by atoms with Crippen LogP contribution in [0.5, 0.6) is 0 Å². The van der Waals surface area contributed by atoms with Crippen molar-refractivity contribution in [3.63, 3.8) is 0 Å². The number of halogens is 3. The Morgan fingerprint density at radius 2 is 1.67 bits per heavy atom. The molecule has 4 heteroatoms. The fourth-order valence-corrected chi connectivity index (χ4v) is 2.52. The van der Waals surface area contributed by atoms with E-state index in [1.807, 2.05) is 24.3 Å². The Bertz CT molecular complexity index is 584. The maximum absolute atomic E-state index is 13.9. The average Bonchev–Trinajstić information content (AvgIpc) is 2.36. The maximum Gasteiger partial charge on any atom is 0.164 e. The molecule has 2 aromatic carbocycles. The Kier molecular flexibility index (Phi) is 3.97. The third-order valence-electron chi connectivity index (χ3n) is 2.88. The van der Waals surface area contributed by atoms with Crippen LogP contribution < -0.4 is 5.73 Å². The molecule has 0 radical (unpaired) electrons. The largest absolute Gasteiger partial charge is 0.320 e. The molecule has 2 N–H and O–H groups in total. The van der Waals surface area contributed by atoms with Crippen molar-refractivity contribution < 1.29 is 8.78 Å². The molecule has 0 saturated heterocycles. The number of nitrogens with two attached hydrogens (primary N) is 1. The lowest BCUT2D eigenvalue weighted by Crippen LogP contribution is -2.16. The van der Waals surface area contributed by atoms with Crippen molar-refractivity contribution in [3.8, 4) is 0 Å². The zero-order chi connectivity index (χ0) is 13.3. The summed E-state index contributed by atoms with van der Waals surface area (Å²) < 4.78 is 28.3. The smallest absolute Gasteiger partial charge is 0.164 e. The summed E-state index contributed by atoms with van der Waals surface area (Å²) in [5.74, 6) is -1.68. The highest BCUT2D eigenvalue weighted by Crippen LogP contribution is 2.27. The molecule has 0 fully saturated rings. The summed E-state index contributed by atoms with van der Waals surface area (Å²) in [5, 5.41) is 0. The van der Waals surface area contributed by atoms with E-state index in [0.717, 1.165) is 9.13 Å². The van der Waals surface area contributed by atoms with Crippen LogP contribution in [0.2, 0.25) is 0 Å². The second-order valence-corrected chi connectivity index (χ2v) is 5.26. The summed E-state index contributed by atoms with van der Waals surface area (Å²) in [6.45, 7) is 1.53. The first-order valence-corrected chi connectivity index (χ1v) is 6.54. The fraction of sp³-hybridized carbons (Fsp3) is 0.143. The first-order valence-electron chi connectivity index (χ1n) is 5.47. The Balaban J connectivity index is 2.50. The molecule has 0 aliphatic carbocycles. The van der Waals surface area contributed by atoms with E-state index < -0.39 is 17.7 Å². The van der Waals surface area contributed by atoms with Crippen LogP contribution in [0.3, 0.4) is 0 Å². The van der Waals surface area contributed by atoms with Gasteiger partial charge in [-0.25, -0.2) is 8.78 Å². The molecule has 0 saturated carbocycles. The second-order valence-electron chi connectivity index (χ2n) is 4.10. The lowest BCUT2D eigenvalue weighted by Gasteiger charge is -2.16. The number of aryl methyl sites for hydroxylation is 1. The first kappa shape index (κ1) is 13.4. The molecule has 0 bridgehead atoms. The molecule has 18 heavy (non-hydrogen) atoms. The minimum atomic E-state index is -0.859. The Morgan fingerprint density at radius 3 is 2.33 bits per heavy atom. The van der Waals surface area contributed by atoms with Gasteiger partial charge in [0.2, 0.25) is 0 Å². The predicted octanol–water partition coefficient (Wildman–Crippen LogP) is 3.93. The van der Waals surface area contributed by atoms with Crippen LogP contribution in [0.4, 0.5) is 8.78 Å². The molecule has 1 nitrogen and oxygen atoms in total. The van der Waals surface area contributed by atoms with E-state index in [0.29, 0.717) is 0 Å². The Morgan fingerprint density at radius 1 is 1.00 bits per heavy atom. The zero-order valence-electron chi connectivity index (χ0n) is 9.75.